The highest BCUT2D eigenvalue weighted by atomic mass is 32.2. The van der Waals surface area contributed by atoms with Gasteiger partial charge in [-0.1, -0.05) is 12.1 Å². The van der Waals surface area contributed by atoms with E-state index < -0.39 is 20.2 Å². The Kier molecular flexibility index (Phi) is 7.91. The van der Waals surface area contributed by atoms with Crippen molar-refractivity contribution in [2.45, 2.75) is 0 Å². The number of fused-ring (bicyclic) bond motifs is 1. The third-order valence-electron chi connectivity index (χ3n) is 4.18. The number of nitrogens with one attached hydrogen (secondary N) is 2. The summed E-state index contributed by atoms with van der Waals surface area (Å²) in [4.78, 5) is 16.9. The lowest BCUT2D eigenvalue weighted by molar-refractivity contribution is 0.309. The SMILES string of the molecule is CS(=O)(=O)OCCN(CCOS(C)(=O)=O)c1ccc(/C=N\Nc2ncnc3nc[nH]c23)cc1. The van der Waals surface area contributed by atoms with Gasteiger partial charge >= 0.3 is 0 Å². The zero-order valence-corrected chi connectivity index (χ0v) is 19.5. The van der Waals surface area contributed by atoms with Gasteiger partial charge in [0.15, 0.2) is 11.5 Å². The molecule has 178 valence electrons. The van der Waals surface area contributed by atoms with Crippen molar-refractivity contribution >= 4 is 49.1 Å². The third-order valence-corrected chi connectivity index (χ3v) is 5.37. The molecular formula is C18H23N7O6S2. The van der Waals surface area contributed by atoms with Crippen LogP contribution in [0.25, 0.3) is 11.2 Å². The summed E-state index contributed by atoms with van der Waals surface area (Å²) >= 11 is 0. The zero-order chi connectivity index (χ0) is 23.9. The van der Waals surface area contributed by atoms with Gasteiger partial charge in [0.25, 0.3) is 20.2 Å². The Balaban J connectivity index is 1.64. The van der Waals surface area contributed by atoms with Gasteiger partial charge < -0.3 is 9.88 Å². The predicted octanol–water partition coefficient (Wildman–Crippen LogP) is 0.558. The van der Waals surface area contributed by atoms with Crippen LogP contribution < -0.4 is 10.3 Å². The molecule has 0 aliphatic heterocycles. The lowest BCUT2D eigenvalue weighted by Crippen LogP contribution is -2.32. The molecule has 1 aromatic carbocycles. The molecule has 13 nitrogen and oxygen atoms in total. The molecule has 2 N–H and O–H groups in total. The van der Waals surface area contributed by atoms with Crippen LogP contribution in [0.5, 0.6) is 0 Å². The van der Waals surface area contributed by atoms with Crippen LogP contribution in [0, 0.1) is 0 Å². The van der Waals surface area contributed by atoms with Crippen LogP contribution in [0.3, 0.4) is 0 Å². The molecule has 0 amide bonds. The number of anilines is 2. The molecule has 0 aliphatic rings. The Hall–Kier alpha value is -3.14. The first kappa shape index (κ1) is 24.5. The number of rotatable bonds is 12. The van der Waals surface area contributed by atoms with Gasteiger partial charge in [-0.2, -0.15) is 21.9 Å². The minimum Gasteiger partial charge on any atom is -0.367 e. The summed E-state index contributed by atoms with van der Waals surface area (Å²) in [6, 6.07) is 7.18. The van der Waals surface area contributed by atoms with Crippen molar-refractivity contribution in [3.8, 4) is 0 Å². The van der Waals surface area contributed by atoms with Gasteiger partial charge in [0.2, 0.25) is 0 Å². The number of aromatic nitrogens is 4. The van der Waals surface area contributed by atoms with Crippen LogP contribution in [0.1, 0.15) is 5.56 Å². The van der Waals surface area contributed by atoms with Crippen LogP contribution in [0.15, 0.2) is 42.0 Å². The molecule has 15 heteroatoms. The van der Waals surface area contributed by atoms with Crippen molar-refractivity contribution in [3.05, 3.63) is 42.5 Å². The topological polar surface area (TPSA) is 169 Å². The van der Waals surface area contributed by atoms with Gasteiger partial charge in [0.1, 0.15) is 11.8 Å². The lowest BCUT2D eigenvalue weighted by atomic mass is 10.2. The molecule has 0 saturated carbocycles. The fourth-order valence-corrected chi connectivity index (χ4v) is 3.51. The molecule has 0 radical (unpaired) electrons. The largest absolute Gasteiger partial charge is 0.367 e. The van der Waals surface area contributed by atoms with E-state index in [0.717, 1.165) is 23.8 Å². The van der Waals surface area contributed by atoms with E-state index >= 15 is 0 Å². The average Bonchev–Trinajstić information content (AvgIpc) is 3.21. The molecule has 2 heterocycles. The van der Waals surface area contributed by atoms with Crippen molar-refractivity contribution in [1.29, 1.82) is 0 Å². The summed E-state index contributed by atoms with van der Waals surface area (Å²) < 4.78 is 54.5. The second kappa shape index (κ2) is 10.7. The van der Waals surface area contributed by atoms with E-state index in [9.17, 15) is 16.8 Å². The number of aromatic amines is 1. The second-order valence-corrected chi connectivity index (χ2v) is 10.1. The Morgan fingerprint density at radius 1 is 1.00 bits per heavy atom. The number of nitrogens with zero attached hydrogens (tertiary/aromatic N) is 5. The highest BCUT2D eigenvalue weighted by Gasteiger charge is 2.11. The first-order valence-electron chi connectivity index (χ1n) is 9.58. The molecule has 2 aromatic heterocycles. The van der Waals surface area contributed by atoms with Gasteiger partial charge in [-0.3, -0.25) is 13.8 Å². The number of hydrazone groups is 1. The monoisotopic (exact) mass is 497 g/mol. The van der Waals surface area contributed by atoms with Crippen LogP contribution >= 0.6 is 0 Å². The van der Waals surface area contributed by atoms with Gasteiger partial charge in [0.05, 0.1) is 38.3 Å². The van der Waals surface area contributed by atoms with E-state index in [0.29, 0.717) is 17.0 Å². The molecule has 3 rings (SSSR count). The predicted molar refractivity (Wildman–Crippen MR) is 123 cm³/mol. The van der Waals surface area contributed by atoms with Crippen LogP contribution in [-0.2, 0) is 28.6 Å². The van der Waals surface area contributed by atoms with Gasteiger partial charge in [0, 0.05) is 18.8 Å². The first-order chi connectivity index (χ1) is 15.6. The van der Waals surface area contributed by atoms with Gasteiger partial charge in [-0.15, -0.1) is 0 Å². The molecule has 0 aliphatic carbocycles. The average molecular weight is 498 g/mol. The minimum atomic E-state index is -3.59. The maximum Gasteiger partial charge on any atom is 0.264 e. The molecule has 0 bridgehead atoms. The van der Waals surface area contributed by atoms with Gasteiger partial charge in [-0.25, -0.2) is 15.0 Å². The number of H-pyrrole nitrogens is 1. The Morgan fingerprint density at radius 3 is 2.24 bits per heavy atom. The zero-order valence-electron chi connectivity index (χ0n) is 17.9. The molecule has 3 aromatic rings. The van der Waals surface area contributed by atoms with Crippen molar-refractivity contribution in [2.75, 3.05) is 49.1 Å². The van der Waals surface area contributed by atoms with Crippen molar-refractivity contribution in [3.63, 3.8) is 0 Å². The smallest absolute Gasteiger partial charge is 0.264 e. The maximum absolute atomic E-state index is 11.2. The minimum absolute atomic E-state index is 0.0914. The number of hydrogen-bond donors (Lipinski definition) is 2. The van der Waals surface area contributed by atoms with Crippen molar-refractivity contribution in [2.24, 2.45) is 5.10 Å². The summed E-state index contributed by atoms with van der Waals surface area (Å²) in [5.41, 5.74) is 5.49. The Bertz CT molecular complexity index is 1270. The standard InChI is InChI=1S/C18H23N7O6S2/c1-32(26,27)30-9-7-25(8-10-31-33(2,28)29)15-5-3-14(4-6-15)11-23-24-18-16-17(20-12-19-16)21-13-22-18/h3-6,11-13H,7-10H2,1-2H3,(H2,19,20,21,22,24)/b23-11-. The van der Waals surface area contributed by atoms with E-state index in [1.807, 2.05) is 0 Å². The molecule has 0 saturated heterocycles. The van der Waals surface area contributed by atoms with Crippen LogP contribution in [0.2, 0.25) is 0 Å². The highest BCUT2D eigenvalue weighted by molar-refractivity contribution is 7.86. The molecule has 0 fully saturated rings. The maximum atomic E-state index is 11.2. The third kappa shape index (κ3) is 8.05. The fraction of sp³-hybridized carbons (Fsp3) is 0.333. The molecular weight excluding hydrogens is 474 g/mol. The van der Waals surface area contributed by atoms with E-state index in [1.165, 1.54) is 12.7 Å². The van der Waals surface area contributed by atoms with Crippen LogP contribution in [0.4, 0.5) is 11.5 Å². The van der Waals surface area contributed by atoms with E-state index in [-0.39, 0.29) is 26.3 Å². The first-order valence-corrected chi connectivity index (χ1v) is 13.2. The number of imidazole rings is 1. The highest BCUT2D eigenvalue weighted by Crippen LogP contribution is 2.16. The van der Waals surface area contributed by atoms with E-state index in [4.69, 9.17) is 8.37 Å². The molecule has 33 heavy (non-hydrogen) atoms. The number of hydrogen-bond acceptors (Lipinski definition) is 12. The summed E-state index contributed by atoms with van der Waals surface area (Å²) in [6.07, 6.45) is 6.42. The summed E-state index contributed by atoms with van der Waals surface area (Å²) in [5, 5.41) is 4.17. The Labute approximate surface area is 191 Å². The molecule has 0 atom stereocenters. The van der Waals surface area contributed by atoms with Gasteiger partial charge in [-0.05, 0) is 17.7 Å². The fourth-order valence-electron chi connectivity index (χ4n) is 2.76. The summed E-state index contributed by atoms with van der Waals surface area (Å²) in [7, 11) is -7.18. The molecule has 0 spiro atoms. The van der Waals surface area contributed by atoms with E-state index in [1.54, 1.807) is 35.4 Å². The quantitative estimate of drug-likeness (QED) is 0.204. The second-order valence-electron chi connectivity index (χ2n) is 6.82. The number of benzene rings is 1. The summed E-state index contributed by atoms with van der Waals surface area (Å²) in [6.45, 7) is 0.240. The summed E-state index contributed by atoms with van der Waals surface area (Å²) in [5.74, 6) is 0.480. The molecule has 0 unspecified atom stereocenters. The lowest BCUT2D eigenvalue weighted by Gasteiger charge is -2.24. The van der Waals surface area contributed by atoms with E-state index in [2.05, 4.69) is 30.5 Å². The normalized spacial score (nSPS) is 12.4. The van der Waals surface area contributed by atoms with Crippen molar-refractivity contribution < 1.29 is 25.2 Å². The van der Waals surface area contributed by atoms with Crippen molar-refractivity contribution in [1.82, 2.24) is 19.9 Å². The van der Waals surface area contributed by atoms with Crippen LogP contribution in [-0.4, -0.2) is 81.8 Å². The Morgan fingerprint density at radius 2 is 1.64 bits per heavy atom.